The van der Waals surface area contributed by atoms with Crippen molar-refractivity contribution in [1.29, 1.82) is 0 Å². The average molecular weight is 485 g/mol. The fraction of sp³-hybridized carbons (Fsp3) is 0.440. The lowest BCUT2D eigenvalue weighted by Crippen LogP contribution is -2.46. The number of carbonyl (C=O) groups excluding carboxylic acids is 2. The SMILES string of the molecule is Cc1ccc(S(=O)(=O)N2CCCN(CN3C(=O)N[C@@](C)(CCc4ccccc4)C3=O)CC2)cc1. The molecule has 1 N–H and O–H groups in total. The lowest BCUT2D eigenvalue weighted by molar-refractivity contribution is -0.132. The van der Waals surface area contributed by atoms with E-state index in [-0.39, 0.29) is 17.5 Å². The molecule has 0 spiro atoms. The molecule has 34 heavy (non-hydrogen) atoms. The van der Waals surface area contributed by atoms with Crippen LogP contribution in [0.3, 0.4) is 0 Å². The van der Waals surface area contributed by atoms with Crippen molar-refractivity contribution in [3.63, 3.8) is 0 Å². The molecule has 2 aromatic carbocycles. The van der Waals surface area contributed by atoms with Gasteiger partial charge < -0.3 is 5.32 Å². The van der Waals surface area contributed by atoms with Crippen molar-refractivity contribution in [2.24, 2.45) is 0 Å². The van der Waals surface area contributed by atoms with Crippen LogP contribution in [0.1, 0.15) is 30.9 Å². The fourth-order valence-electron chi connectivity index (χ4n) is 4.47. The molecule has 2 aliphatic rings. The Kier molecular flexibility index (Phi) is 7.06. The van der Waals surface area contributed by atoms with Crippen molar-refractivity contribution in [1.82, 2.24) is 19.4 Å². The Balaban J connectivity index is 1.37. The number of amides is 3. The van der Waals surface area contributed by atoms with Crippen LogP contribution in [0.5, 0.6) is 0 Å². The molecular weight excluding hydrogens is 452 g/mol. The van der Waals surface area contributed by atoms with E-state index in [9.17, 15) is 18.0 Å². The van der Waals surface area contributed by atoms with Crippen molar-refractivity contribution >= 4 is 22.0 Å². The normalized spacial score (nSPS) is 22.6. The summed E-state index contributed by atoms with van der Waals surface area (Å²) in [6.45, 7) is 5.62. The third-order valence-corrected chi connectivity index (χ3v) is 8.56. The first kappa shape index (κ1) is 24.4. The molecule has 0 bridgehead atoms. The minimum absolute atomic E-state index is 0.157. The molecule has 0 unspecified atom stereocenters. The van der Waals surface area contributed by atoms with E-state index in [4.69, 9.17) is 0 Å². The first-order valence-electron chi connectivity index (χ1n) is 11.7. The molecule has 1 atom stereocenters. The van der Waals surface area contributed by atoms with Crippen LogP contribution < -0.4 is 5.32 Å². The van der Waals surface area contributed by atoms with Crippen LogP contribution in [-0.2, 0) is 21.2 Å². The number of rotatable bonds is 7. The van der Waals surface area contributed by atoms with Gasteiger partial charge in [-0.05, 0) is 50.8 Å². The van der Waals surface area contributed by atoms with Crippen LogP contribution in [-0.4, -0.2) is 72.8 Å². The molecule has 182 valence electrons. The van der Waals surface area contributed by atoms with Gasteiger partial charge in [-0.15, -0.1) is 0 Å². The molecule has 2 aliphatic heterocycles. The van der Waals surface area contributed by atoms with Crippen LogP contribution in [0.25, 0.3) is 0 Å². The Morgan fingerprint density at radius 3 is 2.35 bits per heavy atom. The second-order valence-electron chi connectivity index (χ2n) is 9.31. The number of carbonyl (C=O) groups is 2. The maximum atomic E-state index is 13.2. The average Bonchev–Trinajstić information content (AvgIpc) is 2.97. The predicted octanol–water partition coefficient (Wildman–Crippen LogP) is 2.59. The Morgan fingerprint density at radius 2 is 1.65 bits per heavy atom. The van der Waals surface area contributed by atoms with Gasteiger partial charge in [0, 0.05) is 26.2 Å². The van der Waals surface area contributed by atoms with Gasteiger partial charge in [0.25, 0.3) is 5.91 Å². The second kappa shape index (κ2) is 9.85. The summed E-state index contributed by atoms with van der Waals surface area (Å²) in [4.78, 5) is 29.4. The lowest BCUT2D eigenvalue weighted by Gasteiger charge is -2.26. The third-order valence-electron chi connectivity index (χ3n) is 6.65. The molecule has 0 aliphatic carbocycles. The minimum Gasteiger partial charge on any atom is -0.323 e. The van der Waals surface area contributed by atoms with Crippen LogP contribution in [0.15, 0.2) is 59.5 Å². The molecule has 9 heteroatoms. The highest BCUT2D eigenvalue weighted by Gasteiger charge is 2.47. The Morgan fingerprint density at radius 1 is 0.941 bits per heavy atom. The molecular formula is C25H32N4O4S. The second-order valence-corrected chi connectivity index (χ2v) is 11.2. The van der Waals surface area contributed by atoms with Gasteiger partial charge in [0.15, 0.2) is 0 Å². The Bertz CT molecular complexity index is 1140. The fourth-order valence-corrected chi connectivity index (χ4v) is 5.94. The zero-order chi connectivity index (χ0) is 24.3. The maximum Gasteiger partial charge on any atom is 0.326 e. The number of urea groups is 1. The van der Waals surface area contributed by atoms with Crippen LogP contribution in [0, 0.1) is 6.92 Å². The van der Waals surface area contributed by atoms with Crippen LogP contribution in [0.4, 0.5) is 4.79 Å². The van der Waals surface area contributed by atoms with E-state index in [0.717, 1.165) is 11.1 Å². The van der Waals surface area contributed by atoms with Gasteiger partial charge in [0.05, 0.1) is 11.6 Å². The molecule has 2 heterocycles. The number of hydrogen-bond donors (Lipinski definition) is 1. The molecule has 0 radical (unpaired) electrons. The summed E-state index contributed by atoms with van der Waals surface area (Å²) in [7, 11) is -3.58. The molecule has 2 saturated heterocycles. The number of benzene rings is 2. The molecule has 2 aromatic rings. The number of sulfonamides is 1. The number of nitrogens with zero attached hydrogens (tertiary/aromatic N) is 3. The van der Waals surface area contributed by atoms with Crippen molar-refractivity contribution in [2.75, 3.05) is 32.8 Å². The lowest BCUT2D eigenvalue weighted by atomic mass is 9.93. The van der Waals surface area contributed by atoms with Gasteiger partial charge in [-0.2, -0.15) is 4.31 Å². The van der Waals surface area contributed by atoms with E-state index in [0.29, 0.717) is 45.4 Å². The first-order valence-corrected chi connectivity index (χ1v) is 13.1. The molecule has 4 rings (SSSR count). The Hall–Kier alpha value is -2.75. The van der Waals surface area contributed by atoms with Crippen molar-refractivity contribution in [3.05, 3.63) is 65.7 Å². The van der Waals surface area contributed by atoms with Gasteiger partial charge in [-0.3, -0.25) is 9.69 Å². The summed E-state index contributed by atoms with van der Waals surface area (Å²) in [6.07, 6.45) is 1.83. The van der Waals surface area contributed by atoms with E-state index in [1.807, 2.05) is 42.2 Å². The molecule has 0 aromatic heterocycles. The van der Waals surface area contributed by atoms with Gasteiger partial charge in [-0.1, -0.05) is 48.0 Å². The molecule has 8 nitrogen and oxygen atoms in total. The van der Waals surface area contributed by atoms with E-state index in [1.165, 1.54) is 9.21 Å². The number of imide groups is 1. The zero-order valence-electron chi connectivity index (χ0n) is 19.7. The quantitative estimate of drug-likeness (QED) is 0.610. The van der Waals surface area contributed by atoms with Gasteiger partial charge >= 0.3 is 6.03 Å². The van der Waals surface area contributed by atoms with Gasteiger partial charge in [0.2, 0.25) is 10.0 Å². The van der Waals surface area contributed by atoms with E-state index in [1.54, 1.807) is 31.2 Å². The highest BCUT2D eigenvalue weighted by atomic mass is 32.2. The van der Waals surface area contributed by atoms with Gasteiger partial charge in [-0.25, -0.2) is 18.1 Å². The van der Waals surface area contributed by atoms with Gasteiger partial charge in [0.1, 0.15) is 5.54 Å². The van der Waals surface area contributed by atoms with E-state index in [2.05, 4.69) is 5.32 Å². The van der Waals surface area contributed by atoms with Crippen molar-refractivity contribution in [3.8, 4) is 0 Å². The van der Waals surface area contributed by atoms with E-state index >= 15 is 0 Å². The highest BCUT2D eigenvalue weighted by Crippen LogP contribution is 2.24. The van der Waals surface area contributed by atoms with Crippen molar-refractivity contribution in [2.45, 2.75) is 43.5 Å². The summed E-state index contributed by atoms with van der Waals surface area (Å²) in [5, 5.41) is 2.87. The number of hydrogen-bond acceptors (Lipinski definition) is 5. The molecule has 0 saturated carbocycles. The van der Waals surface area contributed by atoms with E-state index < -0.39 is 21.6 Å². The monoisotopic (exact) mass is 484 g/mol. The standard InChI is InChI=1S/C25H32N4O4S/c1-20-9-11-22(12-10-20)34(32,33)28-16-6-15-27(17-18-28)19-29-23(30)25(2,26-24(29)31)14-13-21-7-4-3-5-8-21/h3-5,7-12H,6,13-19H2,1-2H3,(H,26,31)/t25-/m0/s1. The topological polar surface area (TPSA) is 90.0 Å². The summed E-state index contributed by atoms with van der Waals surface area (Å²) >= 11 is 0. The smallest absolute Gasteiger partial charge is 0.323 e. The Labute approximate surface area is 201 Å². The number of nitrogens with one attached hydrogen (secondary N) is 1. The van der Waals surface area contributed by atoms with Crippen molar-refractivity contribution < 1.29 is 18.0 Å². The summed E-state index contributed by atoms with van der Waals surface area (Å²) in [6, 6.07) is 16.4. The summed E-state index contributed by atoms with van der Waals surface area (Å²) in [5.74, 6) is -0.234. The highest BCUT2D eigenvalue weighted by molar-refractivity contribution is 7.89. The summed E-state index contributed by atoms with van der Waals surface area (Å²) in [5.41, 5.74) is 1.18. The third kappa shape index (κ3) is 5.16. The molecule has 3 amide bonds. The van der Waals surface area contributed by atoms with Crippen LogP contribution in [0.2, 0.25) is 0 Å². The molecule has 2 fully saturated rings. The predicted molar refractivity (Wildman–Crippen MR) is 130 cm³/mol. The number of aryl methyl sites for hydroxylation is 2. The zero-order valence-corrected chi connectivity index (χ0v) is 20.6. The maximum absolute atomic E-state index is 13.2. The van der Waals surface area contributed by atoms with Crippen LogP contribution >= 0.6 is 0 Å². The first-order chi connectivity index (χ1) is 16.2. The summed E-state index contributed by atoms with van der Waals surface area (Å²) < 4.78 is 27.6. The minimum atomic E-state index is -3.58. The largest absolute Gasteiger partial charge is 0.326 e.